The molecule has 0 saturated carbocycles. The van der Waals surface area contributed by atoms with Crippen LogP contribution in [0.25, 0.3) is 11.1 Å². The van der Waals surface area contributed by atoms with Gasteiger partial charge in [0.05, 0.1) is 5.56 Å². The molecule has 0 bridgehead atoms. The zero-order valence-electron chi connectivity index (χ0n) is 15.4. The van der Waals surface area contributed by atoms with E-state index in [4.69, 9.17) is 11.6 Å². The molecule has 8 heteroatoms. The average Bonchev–Trinajstić information content (AvgIpc) is 2.71. The molecular weight excluding hydrogens is 425 g/mol. The summed E-state index contributed by atoms with van der Waals surface area (Å²) in [5, 5.41) is 0.0698. The zero-order chi connectivity index (χ0) is 21.9. The highest BCUT2D eigenvalue weighted by Gasteiger charge is 2.34. The summed E-state index contributed by atoms with van der Waals surface area (Å²) in [6.07, 6.45) is -5.78. The molecule has 2 aromatic carbocycles. The molecule has 0 saturated heterocycles. The van der Waals surface area contributed by atoms with Crippen molar-refractivity contribution in [3.05, 3.63) is 88.5 Å². The summed E-state index contributed by atoms with van der Waals surface area (Å²) in [5.74, 6) is -1.47. The smallest absolute Gasteiger partial charge is 0.294 e. The highest BCUT2D eigenvalue weighted by atomic mass is 35.5. The second-order valence-electron chi connectivity index (χ2n) is 6.58. The molecule has 0 aliphatic heterocycles. The second kappa shape index (κ2) is 8.92. The van der Waals surface area contributed by atoms with Crippen molar-refractivity contribution in [3.8, 4) is 11.1 Å². The Morgan fingerprint density at radius 3 is 2.40 bits per heavy atom. The molecule has 0 amide bonds. The predicted molar refractivity (Wildman–Crippen MR) is 103 cm³/mol. The number of pyridine rings is 1. The zero-order valence-corrected chi connectivity index (χ0v) is 16.1. The van der Waals surface area contributed by atoms with Crippen molar-refractivity contribution >= 4 is 17.4 Å². The largest absolute Gasteiger partial charge is 0.417 e. The number of halogens is 6. The number of alkyl halides is 4. The third kappa shape index (κ3) is 5.02. The minimum Gasteiger partial charge on any atom is -0.294 e. The van der Waals surface area contributed by atoms with Crippen LogP contribution in [0.4, 0.5) is 22.0 Å². The van der Waals surface area contributed by atoms with Gasteiger partial charge in [-0.3, -0.25) is 4.79 Å². The molecule has 1 heterocycles. The molecule has 0 radical (unpaired) electrons. The van der Waals surface area contributed by atoms with E-state index in [1.54, 1.807) is 12.1 Å². The lowest BCUT2D eigenvalue weighted by Crippen LogP contribution is -2.13. The topological polar surface area (TPSA) is 30.0 Å². The molecular formula is C22H15ClF5NO. The maximum atomic E-state index is 14.7. The first-order valence-electron chi connectivity index (χ1n) is 8.91. The van der Waals surface area contributed by atoms with Crippen LogP contribution < -0.4 is 0 Å². The first-order valence-corrected chi connectivity index (χ1v) is 9.29. The Morgan fingerprint density at radius 2 is 1.73 bits per heavy atom. The van der Waals surface area contributed by atoms with Gasteiger partial charge in [0.15, 0.2) is 5.78 Å². The summed E-state index contributed by atoms with van der Waals surface area (Å²) < 4.78 is 67.1. The minimum absolute atomic E-state index is 0.0698. The van der Waals surface area contributed by atoms with Crippen molar-refractivity contribution < 1.29 is 26.7 Å². The van der Waals surface area contributed by atoms with Crippen molar-refractivity contribution in [2.75, 3.05) is 0 Å². The summed E-state index contributed by atoms with van der Waals surface area (Å²) in [7, 11) is 0. The average molecular weight is 440 g/mol. The summed E-state index contributed by atoms with van der Waals surface area (Å²) in [4.78, 5) is 15.7. The van der Waals surface area contributed by atoms with Gasteiger partial charge in [-0.2, -0.15) is 17.6 Å². The molecule has 1 unspecified atom stereocenters. The molecule has 3 rings (SSSR count). The highest BCUT2D eigenvalue weighted by molar-refractivity contribution is 6.31. The molecule has 156 valence electrons. The minimum atomic E-state index is -4.67. The van der Waals surface area contributed by atoms with E-state index in [9.17, 15) is 26.7 Å². The van der Waals surface area contributed by atoms with Gasteiger partial charge in [0.1, 0.15) is 6.17 Å². The van der Waals surface area contributed by atoms with E-state index in [0.29, 0.717) is 11.1 Å². The first kappa shape index (κ1) is 21.9. The molecule has 1 aromatic heterocycles. The van der Waals surface area contributed by atoms with E-state index in [2.05, 4.69) is 4.98 Å². The number of benzene rings is 2. The summed E-state index contributed by atoms with van der Waals surface area (Å²) in [6, 6.07) is 11.6. The Bertz CT molecular complexity index is 1070. The molecule has 2 nitrogen and oxygen atoms in total. The Kier molecular flexibility index (Phi) is 6.51. The van der Waals surface area contributed by atoms with Crippen LogP contribution in [0.15, 0.2) is 60.8 Å². The SMILES string of the molecule is O=C(CCC(F)c1ccc(-c2ccnc(F)c2)cc1Cl)c1ccccc1C(F)(F)F. The monoisotopic (exact) mass is 439 g/mol. The van der Waals surface area contributed by atoms with Crippen LogP contribution >= 0.6 is 11.6 Å². The molecule has 0 aliphatic rings. The Labute approximate surface area is 174 Å². The van der Waals surface area contributed by atoms with Crippen molar-refractivity contribution in [1.29, 1.82) is 0 Å². The van der Waals surface area contributed by atoms with Crippen LogP contribution in [-0.2, 0) is 6.18 Å². The van der Waals surface area contributed by atoms with Gasteiger partial charge in [0.25, 0.3) is 0 Å². The van der Waals surface area contributed by atoms with Crippen LogP contribution in [0, 0.1) is 5.95 Å². The van der Waals surface area contributed by atoms with E-state index in [0.717, 1.165) is 12.1 Å². The number of ketones is 1. The first-order chi connectivity index (χ1) is 14.2. The third-order valence-electron chi connectivity index (χ3n) is 4.56. The van der Waals surface area contributed by atoms with Gasteiger partial charge in [-0.15, -0.1) is 0 Å². The van der Waals surface area contributed by atoms with Crippen LogP contribution in [0.5, 0.6) is 0 Å². The third-order valence-corrected chi connectivity index (χ3v) is 4.88. The van der Waals surface area contributed by atoms with Gasteiger partial charge in [0.2, 0.25) is 5.95 Å². The van der Waals surface area contributed by atoms with Crippen LogP contribution in [-0.4, -0.2) is 10.8 Å². The maximum absolute atomic E-state index is 14.7. The molecule has 1 atom stereocenters. The Morgan fingerprint density at radius 1 is 1.03 bits per heavy atom. The molecule has 0 spiro atoms. The molecule has 30 heavy (non-hydrogen) atoms. The lowest BCUT2D eigenvalue weighted by molar-refractivity contribution is -0.137. The number of Topliss-reactive ketones (excluding diaryl/α,β-unsaturated/α-hetero) is 1. The van der Waals surface area contributed by atoms with Gasteiger partial charge in [-0.1, -0.05) is 41.9 Å². The lowest BCUT2D eigenvalue weighted by Gasteiger charge is -2.14. The Balaban J connectivity index is 1.73. The van der Waals surface area contributed by atoms with Crippen molar-refractivity contribution in [1.82, 2.24) is 4.98 Å². The summed E-state index contributed by atoms with van der Waals surface area (Å²) in [5.41, 5.74) is -0.375. The van der Waals surface area contributed by atoms with Crippen LogP contribution in [0.1, 0.15) is 40.5 Å². The van der Waals surface area contributed by atoms with Crippen molar-refractivity contribution in [2.24, 2.45) is 0 Å². The van der Waals surface area contributed by atoms with Gasteiger partial charge >= 0.3 is 6.18 Å². The quantitative estimate of drug-likeness (QED) is 0.230. The number of hydrogen-bond donors (Lipinski definition) is 0. The number of aromatic nitrogens is 1. The molecule has 0 fully saturated rings. The van der Waals surface area contributed by atoms with E-state index in [1.165, 1.54) is 36.5 Å². The number of rotatable bonds is 6. The van der Waals surface area contributed by atoms with Gasteiger partial charge < -0.3 is 0 Å². The number of carbonyl (C=O) groups is 1. The predicted octanol–water partition coefficient (Wildman–Crippen LogP) is 7.23. The van der Waals surface area contributed by atoms with Crippen molar-refractivity contribution in [3.63, 3.8) is 0 Å². The van der Waals surface area contributed by atoms with E-state index in [-0.39, 0.29) is 17.0 Å². The highest BCUT2D eigenvalue weighted by Crippen LogP contribution is 2.35. The fourth-order valence-corrected chi connectivity index (χ4v) is 3.36. The van der Waals surface area contributed by atoms with E-state index < -0.39 is 41.6 Å². The van der Waals surface area contributed by atoms with Gasteiger partial charge in [-0.25, -0.2) is 9.37 Å². The number of hydrogen-bond acceptors (Lipinski definition) is 2. The molecule has 0 aliphatic carbocycles. The maximum Gasteiger partial charge on any atom is 0.417 e. The van der Waals surface area contributed by atoms with Crippen molar-refractivity contribution in [2.45, 2.75) is 25.2 Å². The lowest BCUT2D eigenvalue weighted by atomic mass is 9.96. The standard InChI is InChI=1S/C22H15ClF5NO/c23-18-11-13(14-9-10-29-21(25)12-14)5-6-16(18)19(24)7-8-20(30)15-3-1-2-4-17(15)22(26,27)28/h1-6,9-12,19H,7-8H2. The number of carbonyl (C=O) groups excluding carboxylic acids is 1. The Hall–Kier alpha value is -2.80. The fourth-order valence-electron chi connectivity index (χ4n) is 3.06. The second-order valence-corrected chi connectivity index (χ2v) is 6.98. The summed E-state index contributed by atoms with van der Waals surface area (Å²) in [6.45, 7) is 0. The molecule has 0 N–H and O–H groups in total. The van der Waals surface area contributed by atoms with Gasteiger partial charge in [0, 0.05) is 34.8 Å². The van der Waals surface area contributed by atoms with E-state index >= 15 is 0 Å². The number of nitrogens with zero attached hydrogens (tertiary/aromatic N) is 1. The van der Waals surface area contributed by atoms with Crippen LogP contribution in [0.2, 0.25) is 5.02 Å². The van der Waals surface area contributed by atoms with Crippen LogP contribution in [0.3, 0.4) is 0 Å². The summed E-state index contributed by atoms with van der Waals surface area (Å²) >= 11 is 6.15. The van der Waals surface area contributed by atoms with E-state index in [1.807, 2.05) is 0 Å². The fraction of sp³-hybridized carbons (Fsp3) is 0.182. The molecule has 3 aromatic rings. The van der Waals surface area contributed by atoms with Gasteiger partial charge in [-0.05, 0) is 35.7 Å². The normalized spacial score (nSPS) is 12.6.